The van der Waals surface area contributed by atoms with Crippen molar-refractivity contribution < 1.29 is 19.1 Å². The molecule has 0 unspecified atom stereocenters. The number of barbiturate groups is 1. The van der Waals surface area contributed by atoms with E-state index < -0.39 is 17.8 Å². The highest BCUT2D eigenvalue weighted by molar-refractivity contribution is 6.39. The Kier molecular flexibility index (Phi) is 6.52. The number of imide groups is 2. The zero-order valence-corrected chi connectivity index (χ0v) is 19.8. The van der Waals surface area contributed by atoms with Crippen molar-refractivity contribution in [2.24, 2.45) is 0 Å². The van der Waals surface area contributed by atoms with Crippen LogP contribution in [0.25, 0.3) is 6.08 Å². The van der Waals surface area contributed by atoms with E-state index in [0.29, 0.717) is 28.6 Å². The molecule has 34 heavy (non-hydrogen) atoms. The van der Waals surface area contributed by atoms with E-state index in [4.69, 9.17) is 16.3 Å². The highest BCUT2D eigenvalue weighted by Gasteiger charge is 2.36. The molecule has 172 valence electrons. The standard InChI is InChI=1S/C27H23ClN2O4/c1-16-5-4-6-21(12-16)30-26(32)22(25(31)29-27(30)33)13-19-7-8-24(23(28)14-19)34-15-20-10-17(2)9-18(3)11-20/h4-14H,15H2,1-3H3,(H,29,31,33)/b22-13+. The molecule has 1 heterocycles. The molecule has 1 saturated heterocycles. The van der Waals surface area contributed by atoms with E-state index in [1.165, 1.54) is 6.08 Å². The minimum absolute atomic E-state index is 0.166. The molecule has 1 aliphatic heterocycles. The Morgan fingerprint density at radius 1 is 0.912 bits per heavy atom. The molecule has 0 aliphatic carbocycles. The van der Waals surface area contributed by atoms with Crippen LogP contribution in [-0.2, 0) is 16.2 Å². The number of hydrogen-bond acceptors (Lipinski definition) is 4. The fourth-order valence-corrected chi connectivity index (χ4v) is 4.11. The van der Waals surface area contributed by atoms with Crippen LogP contribution in [0.1, 0.15) is 27.8 Å². The van der Waals surface area contributed by atoms with Crippen LogP contribution in [-0.4, -0.2) is 17.8 Å². The third-order valence-corrected chi connectivity index (χ3v) is 5.60. The summed E-state index contributed by atoms with van der Waals surface area (Å²) in [4.78, 5) is 38.8. The molecule has 0 bridgehead atoms. The summed E-state index contributed by atoms with van der Waals surface area (Å²) in [5, 5.41) is 2.56. The van der Waals surface area contributed by atoms with Crippen molar-refractivity contribution in [3.05, 3.63) is 99.1 Å². The maximum absolute atomic E-state index is 13.0. The normalized spacial score (nSPS) is 15.0. The van der Waals surface area contributed by atoms with Gasteiger partial charge >= 0.3 is 6.03 Å². The first-order chi connectivity index (χ1) is 16.2. The molecule has 7 heteroatoms. The lowest BCUT2D eigenvalue weighted by Gasteiger charge is -2.26. The van der Waals surface area contributed by atoms with Gasteiger partial charge in [-0.1, -0.05) is 59.1 Å². The van der Waals surface area contributed by atoms with Gasteiger partial charge in [-0.2, -0.15) is 0 Å². The van der Waals surface area contributed by atoms with Gasteiger partial charge in [-0.3, -0.25) is 14.9 Å². The van der Waals surface area contributed by atoms with Crippen LogP contribution in [0.2, 0.25) is 5.02 Å². The monoisotopic (exact) mass is 474 g/mol. The fraction of sp³-hybridized carbons (Fsp3) is 0.148. The Morgan fingerprint density at radius 3 is 2.32 bits per heavy atom. The number of carbonyl (C=O) groups excluding carboxylic acids is 3. The highest BCUT2D eigenvalue weighted by Crippen LogP contribution is 2.29. The second-order valence-electron chi connectivity index (χ2n) is 8.27. The Balaban J connectivity index is 1.56. The van der Waals surface area contributed by atoms with Crippen LogP contribution >= 0.6 is 11.6 Å². The zero-order valence-electron chi connectivity index (χ0n) is 19.0. The van der Waals surface area contributed by atoms with Gasteiger partial charge in [-0.05, 0) is 67.8 Å². The molecular formula is C27H23ClN2O4. The average Bonchev–Trinajstić information content (AvgIpc) is 2.75. The van der Waals surface area contributed by atoms with Crippen LogP contribution in [0.4, 0.5) is 10.5 Å². The molecule has 4 rings (SSSR count). The van der Waals surface area contributed by atoms with Crippen molar-refractivity contribution in [3.8, 4) is 5.75 Å². The Labute approximate surface area is 202 Å². The van der Waals surface area contributed by atoms with Crippen LogP contribution in [0.3, 0.4) is 0 Å². The predicted octanol–water partition coefficient (Wildman–Crippen LogP) is 5.51. The maximum Gasteiger partial charge on any atom is 0.335 e. The molecular weight excluding hydrogens is 452 g/mol. The van der Waals surface area contributed by atoms with Crippen LogP contribution < -0.4 is 15.0 Å². The maximum atomic E-state index is 13.0. The number of carbonyl (C=O) groups is 3. The first-order valence-corrected chi connectivity index (χ1v) is 11.1. The second kappa shape index (κ2) is 9.53. The van der Waals surface area contributed by atoms with Gasteiger partial charge in [0.25, 0.3) is 11.8 Å². The summed E-state index contributed by atoms with van der Waals surface area (Å²) in [5.74, 6) is -0.977. The number of benzene rings is 3. The summed E-state index contributed by atoms with van der Waals surface area (Å²) in [7, 11) is 0. The topological polar surface area (TPSA) is 75.7 Å². The Morgan fingerprint density at radius 2 is 1.65 bits per heavy atom. The van der Waals surface area contributed by atoms with Gasteiger partial charge in [0.1, 0.15) is 17.9 Å². The molecule has 1 N–H and O–H groups in total. The van der Waals surface area contributed by atoms with Gasteiger partial charge in [-0.25, -0.2) is 9.69 Å². The van der Waals surface area contributed by atoms with Crippen molar-refractivity contribution in [1.82, 2.24) is 5.32 Å². The summed E-state index contributed by atoms with van der Waals surface area (Å²) in [6.45, 7) is 6.27. The van der Waals surface area contributed by atoms with E-state index in [1.54, 1.807) is 36.4 Å². The first kappa shape index (κ1) is 23.3. The lowest BCUT2D eigenvalue weighted by molar-refractivity contribution is -0.122. The van der Waals surface area contributed by atoms with E-state index in [2.05, 4.69) is 11.4 Å². The third kappa shape index (κ3) is 5.02. The minimum atomic E-state index is -0.786. The van der Waals surface area contributed by atoms with E-state index >= 15 is 0 Å². The molecule has 0 radical (unpaired) electrons. The lowest BCUT2D eigenvalue weighted by atomic mass is 10.1. The molecule has 3 aromatic rings. The van der Waals surface area contributed by atoms with E-state index in [1.807, 2.05) is 39.0 Å². The molecule has 1 fully saturated rings. The van der Waals surface area contributed by atoms with Crippen molar-refractivity contribution in [2.75, 3.05) is 4.90 Å². The lowest BCUT2D eigenvalue weighted by Crippen LogP contribution is -2.54. The van der Waals surface area contributed by atoms with Crippen molar-refractivity contribution in [3.63, 3.8) is 0 Å². The molecule has 4 amide bonds. The quantitative estimate of drug-likeness (QED) is 0.390. The summed E-state index contributed by atoms with van der Waals surface area (Å²) in [6.07, 6.45) is 1.41. The van der Waals surface area contributed by atoms with Crippen LogP contribution in [0.15, 0.2) is 66.2 Å². The number of hydrogen-bond donors (Lipinski definition) is 1. The van der Waals surface area contributed by atoms with Gasteiger partial charge in [0, 0.05) is 0 Å². The molecule has 0 atom stereocenters. The predicted molar refractivity (Wildman–Crippen MR) is 132 cm³/mol. The summed E-state index contributed by atoms with van der Waals surface area (Å²) in [5.41, 5.74) is 4.96. The zero-order chi connectivity index (χ0) is 24.4. The number of amides is 4. The van der Waals surface area contributed by atoms with Gasteiger partial charge in [-0.15, -0.1) is 0 Å². The minimum Gasteiger partial charge on any atom is -0.487 e. The molecule has 0 aromatic heterocycles. The summed E-state index contributed by atoms with van der Waals surface area (Å²) >= 11 is 6.41. The third-order valence-electron chi connectivity index (χ3n) is 5.30. The number of rotatable bonds is 5. The van der Waals surface area contributed by atoms with Crippen LogP contribution in [0.5, 0.6) is 5.75 Å². The molecule has 0 spiro atoms. The number of halogens is 1. The number of ether oxygens (including phenoxy) is 1. The molecule has 6 nitrogen and oxygen atoms in total. The van der Waals surface area contributed by atoms with Gasteiger partial charge in [0.15, 0.2) is 0 Å². The SMILES string of the molecule is Cc1cc(C)cc(COc2ccc(/C=C3\C(=O)NC(=O)N(c4cccc(C)c4)C3=O)cc2Cl)c1. The number of urea groups is 1. The fourth-order valence-electron chi connectivity index (χ4n) is 3.86. The van der Waals surface area contributed by atoms with Crippen molar-refractivity contribution in [1.29, 1.82) is 0 Å². The van der Waals surface area contributed by atoms with E-state index in [0.717, 1.165) is 27.2 Å². The highest BCUT2D eigenvalue weighted by atomic mass is 35.5. The van der Waals surface area contributed by atoms with Crippen molar-refractivity contribution in [2.45, 2.75) is 27.4 Å². The van der Waals surface area contributed by atoms with Gasteiger partial charge < -0.3 is 4.74 Å². The van der Waals surface area contributed by atoms with Crippen LogP contribution in [0, 0.1) is 20.8 Å². The number of anilines is 1. The first-order valence-electron chi connectivity index (χ1n) is 10.7. The Bertz CT molecular complexity index is 1330. The van der Waals surface area contributed by atoms with E-state index in [-0.39, 0.29) is 5.57 Å². The van der Waals surface area contributed by atoms with E-state index in [9.17, 15) is 14.4 Å². The van der Waals surface area contributed by atoms with Gasteiger partial charge in [0.05, 0.1) is 10.7 Å². The molecule has 0 saturated carbocycles. The van der Waals surface area contributed by atoms with Gasteiger partial charge in [0.2, 0.25) is 0 Å². The number of aryl methyl sites for hydroxylation is 3. The van der Waals surface area contributed by atoms with Crippen molar-refractivity contribution >= 4 is 41.2 Å². The smallest absolute Gasteiger partial charge is 0.335 e. The average molecular weight is 475 g/mol. The largest absolute Gasteiger partial charge is 0.487 e. The number of nitrogens with zero attached hydrogens (tertiary/aromatic N) is 1. The molecule has 1 aliphatic rings. The molecule has 3 aromatic carbocycles. The summed E-state index contributed by atoms with van der Waals surface area (Å²) in [6, 6.07) is 17.3. The second-order valence-corrected chi connectivity index (χ2v) is 8.68. The summed E-state index contributed by atoms with van der Waals surface area (Å²) < 4.78 is 5.87. The number of nitrogens with one attached hydrogen (secondary N) is 1. The Hall–Kier alpha value is -3.90.